The Hall–Kier alpha value is -0.970. The standard InChI is InChI=1S/C13H21ClN2O2/c1-17-8-3-6-16(7-9-18-2)13-5-4-11(15)10-12(13)14/h4-5,10H,3,6-9,15H2,1-2H3. The maximum Gasteiger partial charge on any atom is 0.0660 e. The van der Waals surface area contributed by atoms with Gasteiger partial charge in [0.2, 0.25) is 0 Å². The molecule has 0 saturated heterocycles. The predicted octanol–water partition coefficient (Wildman–Crippen LogP) is 2.41. The van der Waals surface area contributed by atoms with Crippen molar-refractivity contribution >= 4 is 23.0 Å². The van der Waals surface area contributed by atoms with E-state index in [1.165, 1.54) is 0 Å². The molecule has 18 heavy (non-hydrogen) atoms. The van der Waals surface area contributed by atoms with Gasteiger partial charge in [-0.1, -0.05) is 11.6 Å². The number of methoxy groups -OCH3 is 2. The smallest absolute Gasteiger partial charge is 0.0660 e. The normalized spacial score (nSPS) is 10.6. The lowest BCUT2D eigenvalue weighted by Gasteiger charge is -2.25. The van der Waals surface area contributed by atoms with Gasteiger partial charge in [0, 0.05) is 39.6 Å². The lowest BCUT2D eigenvalue weighted by molar-refractivity contribution is 0.191. The van der Waals surface area contributed by atoms with E-state index in [-0.39, 0.29) is 0 Å². The molecule has 0 unspecified atom stereocenters. The molecule has 0 aliphatic heterocycles. The zero-order chi connectivity index (χ0) is 13.4. The number of anilines is 2. The first-order valence-electron chi connectivity index (χ1n) is 5.97. The van der Waals surface area contributed by atoms with Crippen LogP contribution in [0.5, 0.6) is 0 Å². The highest BCUT2D eigenvalue weighted by Crippen LogP contribution is 2.27. The van der Waals surface area contributed by atoms with Crippen molar-refractivity contribution in [2.45, 2.75) is 6.42 Å². The molecule has 0 bridgehead atoms. The third-order valence-electron chi connectivity index (χ3n) is 2.65. The monoisotopic (exact) mass is 272 g/mol. The molecule has 5 heteroatoms. The van der Waals surface area contributed by atoms with Gasteiger partial charge in [-0.05, 0) is 24.6 Å². The molecule has 1 rings (SSSR count). The molecular formula is C13H21ClN2O2. The summed E-state index contributed by atoms with van der Waals surface area (Å²) in [4.78, 5) is 2.18. The Morgan fingerprint density at radius 3 is 2.50 bits per heavy atom. The van der Waals surface area contributed by atoms with E-state index in [4.69, 9.17) is 26.8 Å². The summed E-state index contributed by atoms with van der Waals surface area (Å²) in [5, 5.41) is 0.670. The molecule has 0 atom stereocenters. The fourth-order valence-electron chi connectivity index (χ4n) is 1.73. The van der Waals surface area contributed by atoms with E-state index in [1.54, 1.807) is 20.3 Å². The van der Waals surface area contributed by atoms with Crippen LogP contribution in [-0.4, -0.2) is 40.5 Å². The molecule has 0 saturated carbocycles. The van der Waals surface area contributed by atoms with Crippen molar-refractivity contribution in [2.75, 3.05) is 51.2 Å². The maximum atomic E-state index is 6.22. The van der Waals surface area contributed by atoms with Crippen LogP contribution >= 0.6 is 11.6 Å². The van der Waals surface area contributed by atoms with Crippen LogP contribution in [0.15, 0.2) is 18.2 Å². The molecule has 0 spiro atoms. The summed E-state index contributed by atoms with van der Waals surface area (Å²) < 4.78 is 10.2. The highest BCUT2D eigenvalue weighted by Gasteiger charge is 2.10. The molecule has 2 N–H and O–H groups in total. The lowest BCUT2D eigenvalue weighted by Crippen LogP contribution is -2.29. The number of ether oxygens (including phenoxy) is 2. The maximum absolute atomic E-state index is 6.22. The number of benzene rings is 1. The van der Waals surface area contributed by atoms with Gasteiger partial charge in [-0.3, -0.25) is 0 Å². The third-order valence-corrected chi connectivity index (χ3v) is 2.96. The van der Waals surface area contributed by atoms with Crippen molar-refractivity contribution in [1.29, 1.82) is 0 Å². The van der Waals surface area contributed by atoms with E-state index in [0.29, 0.717) is 17.3 Å². The Morgan fingerprint density at radius 1 is 1.17 bits per heavy atom. The van der Waals surface area contributed by atoms with Gasteiger partial charge in [0.1, 0.15) is 0 Å². The molecule has 1 aromatic carbocycles. The van der Waals surface area contributed by atoms with Crippen LogP contribution < -0.4 is 10.6 Å². The van der Waals surface area contributed by atoms with Gasteiger partial charge >= 0.3 is 0 Å². The summed E-state index contributed by atoms with van der Waals surface area (Å²) in [6.45, 7) is 3.06. The second kappa shape index (κ2) is 8.19. The fourth-order valence-corrected chi connectivity index (χ4v) is 2.04. The van der Waals surface area contributed by atoms with E-state index in [0.717, 1.165) is 31.8 Å². The van der Waals surface area contributed by atoms with Gasteiger partial charge in [0.05, 0.1) is 17.3 Å². The third kappa shape index (κ3) is 4.72. The summed E-state index contributed by atoms with van der Waals surface area (Å²) in [5.74, 6) is 0. The minimum absolute atomic E-state index is 0.660. The fraction of sp³-hybridized carbons (Fsp3) is 0.538. The van der Waals surface area contributed by atoms with Crippen LogP contribution in [0, 0.1) is 0 Å². The minimum Gasteiger partial charge on any atom is -0.399 e. The highest BCUT2D eigenvalue weighted by atomic mass is 35.5. The molecule has 4 nitrogen and oxygen atoms in total. The largest absolute Gasteiger partial charge is 0.399 e. The Morgan fingerprint density at radius 2 is 1.89 bits per heavy atom. The van der Waals surface area contributed by atoms with Gasteiger partial charge in [0.25, 0.3) is 0 Å². The number of hydrogen-bond acceptors (Lipinski definition) is 4. The minimum atomic E-state index is 0.660. The first kappa shape index (κ1) is 15.1. The number of nitrogen functional groups attached to an aromatic ring is 1. The van der Waals surface area contributed by atoms with Gasteiger partial charge in [0.15, 0.2) is 0 Å². The molecule has 1 aromatic rings. The molecule has 0 amide bonds. The van der Waals surface area contributed by atoms with E-state index in [9.17, 15) is 0 Å². The summed E-state index contributed by atoms with van der Waals surface area (Å²) >= 11 is 6.22. The Bertz CT molecular complexity index is 361. The van der Waals surface area contributed by atoms with Crippen molar-refractivity contribution in [3.63, 3.8) is 0 Å². The Kier molecular flexibility index (Phi) is 6.86. The van der Waals surface area contributed by atoms with Crippen molar-refractivity contribution in [2.24, 2.45) is 0 Å². The van der Waals surface area contributed by atoms with Crippen molar-refractivity contribution in [3.8, 4) is 0 Å². The first-order chi connectivity index (χ1) is 8.69. The highest BCUT2D eigenvalue weighted by molar-refractivity contribution is 6.33. The van der Waals surface area contributed by atoms with Crippen LogP contribution in [-0.2, 0) is 9.47 Å². The number of nitrogens with two attached hydrogens (primary N) is 1. The quantitative estimate of drug-likeness (QED) is 0.583. The summed E-state index contributed by atoms with van der Waals surface area (Å²) in [6, 6.07) is 5.57. The van der Waals surface area contributed by atoms with Crippen LogP contribution in [0.2, 0.25) is 5.02 Å². The van der Waals surface area contributed by atoms with Gasteiger partial charge < -0.3 is 20.1 Å². The molecule has 102 valence electrons. The van der Waals surface area contributed by atoms with Crippen molar-refractivity contribution < 1.29 is 9.47 Å². The van der Waals surface area contributed by atoms with Gasteiger partial charge in [-0.2, -0.15) is 0 Å². The van der Waals surface area contributed by atoms with Crippen molar-refractivity contribution in [1.82, 2.24) is 0 Å². The van der Waals surface area contributed by atoms with Crippen LogP contribution in [0.4, 0.5) is 11.4 Å². The zero-order valence-corrected chi connectivity index (χ0v) is 11.7. The molecule has 0 heterocycles. The van der Waals surface area contributed by atoms with Crippen LogP contribution in [0.25, 0.3) is 0 Å². The van der Waals surface area contributed by atoms with E-state index in [2.05, 4.69) is 4.90 Å². The van der Waals surface area contributed by atoms with E-state index >= 15 is 0 Å². The average molecular weight is 273 g/mol. The summed E-state index contributed by atoms with van der Waals surface area (Å²) in [5.41, 5.74) is 7.36. The number of nitrogens with zero attached hydrogens (tertiary/aromatic N) is 1. The van der Waals surface area contributed by atoms with Gasteiger partial charge in [-0.25, -0.2) is 0 Å². The second-order valence-electron chi connectivity index (χ2n) is 4.04. The number of hydrogen-bond donors (Lipinski definition) is 1. The zero-order valence-electron chi connectivity index (χ0n) is 11.0. The SMILES string of the molecule is COCCCN(CCOC)c1ccc(N)cc1Cl. The molecule has 0 aromatic heterocycles. The number of rotatable bonds is 8. The second-order valence-corrected chi connectivity index (χ2v) is 4.44. The summed E-state index contributed by atoms with van der Waals surface area (Å²) in [6.07, 6.45) is 0.945. The van der Waals surface area contributed by atoms with Crippen LogP contribution in [0.3, 0.4) is 0 Å². The molecule has 0 aliphatic rings. The molecular weight excluding hydrogens is 252 g/mol. The molecule has 0 radical (unpaired) electrons. The topological polar surface area (TPSA) is 47.7 Å². The number of halogens is 1. The van der Waals surface area contributed by atoms with E-state index < -0.39 is 0 Å². The van der Waals surface area contributed by atoms with Gasteiger partial charge in [-0.15, -0.1) is 0 Å². The Labute approximate surface area is 114 Å². The Balaban J connectivity index is 2.73. The van der Waals surface area contributed by atoms with E-state index in [1.807, 2.05) is 12.1 Å². The first-order valence-corrected chi connectivity index (χ1v) is 6.34. The van der Waals surface area contributed by atoms with Crippen molar-refractivity contribution in [3.05, 3.63) is 23.2 Å². The molecule has 0 fully saturated rings. The van der Waals surface area contributed by atoms with Crippen LogP contribution in [0.1, 0.15) is 6.42 Å². The molecule has 0 aliphatic carbocycles. The average Bonchev–Trinajstić information content (AvgIpc) is 2.34. The predicted molar refractivity (Wildman–Crippen MR) is 76.4 cm³/mol. The lowest BCUT2D eigenvalue weighted by atomic mass is 10.2. The summed E-state index contributed by atoms with van der Waals surface area (Å²) in [7, 11) is 3.40.